The minimum Gasteiger partial charge on any atom is -0.365 e. The molecule has 0 saturated heterocycles. The van der Waals surface area contributed by atoms with Gasteiger partial charge in [-0.15, -0.1) is 0 Å². The second-order valence-corrected chi connectivity index (χ2v) is 4.09. The molecule has 0 radical (unpaired) electrons. The summed E-state index contributed by atoms with van der Waals surface area (Å²) in [6.45, 7) is 3.88. The number of hydrogen-bond donors (Lipinski definition) is 1. The van der Waals surface area contributed by atoms with Crippen molar-refractivity contribution in [2.75, 3.05) is 11.9 Å². The molecule has 92 valence electrons. The molecule has 0 aliphatic carbocycles. The Bertz CT molecular complexity index is 629. The van der Waals surface area contributed by atoms with Crippen molar-refractivity contribution in [1.82, 2.24) is 9.97 Å². The van der Waals surface area contributed by atoms with Crippen LogP contribution in [0.2, 0.25) is 0 Å². The molecule has 18 heavy (non-hydrogen) atoms. The number of fused-ring (bicyclic) bond motifs is 1. The molecule has 0 fully saturated rings. The summed E-state index contributed by atoms with van der Waals surface area (Å²) in [6.07, 6.45) is 1.38. The van der Waals surface area contributed by atoms with Gasteiger partial charge in [-0.3, -0.25) is 10.1 Å². The third-order valence-electron chi connectivity index (χ3n) is 2.28. The maximum absolute atomic E-state index is 10.7. The van der Waals surface area contributed by atoms with Crippen LogP contribution in [-0.2, 0) is 0 Å². The first-order valence-electron chi connectivity index (χ1n) is 5.04. The van der Waals surface area contributed by atoms with Gasteiger partial charge in [0, 0.05) is 22.6 Å². The Hall–Kier alpha value is -2.21. The van der Waals surface area contributed by atoms with Crippen LogP contribution < -0.4 is 5.32 Å². The third kappa shape index (κ3) is 2.54. The van der Waals surface area contributed by atoms with Crippen LogP contribution in [0.15, 0.2) is 36.1 Å². The smallest absolute Gasteiger partial charge is 0.270 e. The Morgan fingerprint density at radius 3 is 2.94 bits per heavy atom. The monoisotopic (exact) mass is 264 g/mol. The first kappa shape index (κ1) is 12.3. The number of halogens is 1. The molecule has 0 spiro atoms. The number of aromatic nitrogens is 2. The largest absolute Gasteiger partial charge is 0.365 e. The van der Waals surface area contributed by atoms with E-state index in [0.29, 0.717) is 28.3 Å². The van der Waals surface area contributed by atoms with Gasteiger partial charge in [0.1, 0.15) is 12.1 Å². The van der Waals surface area contributed by atoms with E-state index in [9.17, 15) is 10.1 Å². The summed E-state index contributed by atoms with van der Waals surface area (Å²) < 4.78 is 0. The second kappa shape index (κ2) is 4.97. The molecular weight excluding hydrogens is 256 g/mol. The number of non-ortho nitro benzene ring substituents is 1. The van der Waals surface area contributed by atoms with E-state index in [1.54, 1.807) is 6.07 Å². The van der Waals surface area contributed by atoms with Gasteiger partial charge in [0.25, 0.3) is 5.69 Å². The third-order valence-corrected chi connectivity index (χ3v) is 2.41. The molecule has 6 nitrogen and oxygen atoms in total. The molecule has 1 aromatic heterocycles. The van der Waals surface area contributed by atoms with Crippen LogP contribution in [0, 0.1) is 10.1 Å². The average Bonchev–Trinajstić information content (AvgIpc) is 2.35. The van der Waals surface area contributed by atoms with Gasteiger partial charge in [-0.1, -0.05) is 18.2 Å². The predicted molar refractivity (Wildman–Crippen MR) is 69.7 cm³/mol. The van der Waals surface area contributed by atoms with E-state index in [1.165, 1.54) is 18.5 Å². The highest BCUT2D eigenvalue weighted by Crippen LogP contribution is 2.24. The van der Waals surface area contributed by atoms with Crippen LogP contribution in [0.3, 0.4) is 0 Å². The van der Waals surface area contributed by atoms with Crippen LogP contribution in [0.4, 0.5) is 11.5 Å². The van der Waals surface area contributed by atoms with Crippen LogP contribution in [0.5, 0.6) is 0 Å². The summed E-state index contributed by atoms with van der Waals surface area (Å²) in [6, 6.07) is 4.41. The normalized spacial score (nSPS) is 10.3. The van der Waals surface area contributed by atoms with Gasteiger partial charge >= 0.3 is 0 Å². The number of nitro groups is 1. The first-order chi connectivity index (χ1) is 8.58. The summed E-state index contributed by atoms with van der Waals surface area (Å²) in [5.41, 5.74) is 0.614. The van der Waals surface area contributed by atoms with Gasteiger partial charge < -0.3 is 5.32 Å². The maximum atomic E-state index is 10.7. The molecule has 0 atom stereocenters. The van der Waals surface area contributed by atoms with Gasteiger partial charge in [-0.05, 0) is 6.07 Å². The van der Waals surface area contributed by atoms with Crippen molar-refractivity contribution in [2.24, 2.45) is 0 Å². The zero-order valence-electron chi connectivity index (χ0n) is 9.26. The number of nitrogens with one attached hydrogen (secondary N) is 1. The average molecular weight is 265 g/mol. The highest BCUT2D eigenvalue weighted by atomic mass is 35.5. The quantitative estimate of drug-likeness (QED) is 0.678. The number of benzene rings is 1. The number of hydrogen-bond acceptors (Lipinski definition) is 5. The van der Waals surface area contributed by atoms with Gasteiger partial charge in [-0.25, -0.2) is 9.97 Å². The van der Waals surface area contributed by atoms with Crippen molar-refractivity contribution in [3.63, 3.8) is 0 Å². The number of nitrogens with zero attached hydrogens (tertiary/aromatic N) is 3. The summed E-state index contributed by atoms with van der Waals surface area (Å²) in [5.74, 6) is 0.491. The second-order valence-electron chi connectivity index (χ2n) is 3.55. The Morgan fingerprint density at radius 2 is 2.28 bits per heavy atom. The van der Waals surface area contributed by atoms with Gasteiger partial charge in [0.15, 0.2) is 0 Å². The lowest BCUT2D eigenvalue weighted by Gasteiger charge is -2.06. The van der Waals surface area contributed by atoms with Gasteiger partial charge in [0.05, 0.1) is 17.0 Å². The minimum atomic E-state index is -0.462. The van der Waals surface area contributed by atoms with Gasteiger partial charge in [0.2, 0.25) is 0 Å². The molecule has 1 aromatic carbocycles. The standard InChI is InChI=1S/C11H9ClN4O2/c1-7(12)5-13-11-9-4-8(16(17)18)2-3-10(9)14-6-15-11/h2-4,6H,1,5H2,(H,13,14,15). The molecule has 0 aliphatic heterocycles. The summed E-state index contributed by atoms with van der Waals surface area (Å²) >= 11 is 5.65. The lowest BCUT2D eigenvalue weighted by Crippen LogP contribution is -2.04. The fourth-order valence-electron chi connectivity index (χ4n) is 1.48. The highest BCUT2D eigenvalue weighted by molar-refractivity contribution is 6.29. The molecule has 2 aromatic rings. The van der Waals surface area contributed by atoms with E-state index in [0.717, 1.165) is 0 Å². The Balaban J connectivity index is 2.48. The van der Waals surface area contributed by atoms with E-state index < -0.39 is 4.92 Å². The van der Waals surface area contributed by atoms with E-state index in [2.05, 4.69) is 21.9 Å². The number of rotatable bonds is 4. The van der Waals surface area contributed by atoms with Gasteiger partial charge in [-0.2, -0.15) is 0 Å². The molecule has 7 heteroatoms. The van der Waals surface area contributed by atoms with Crippen LogP contribution >= 0.6 is 11.6 Å². The molecule has 2 rings (SSSR count). The van der Waals surface area contributed by atoms with E-state index >= 15 is 0 Å². The van der Waals surface area contributed by atoms with E-state index in [1.807, 2.05) is 0 Å². The Labute approximate surface area is 107 Å². The fraction of sp³-hybridized carbons (Fsp3) is 0.0909. The zero-order valence-corrected chi connectivity index (χ0v) is 10.0. The summed E-state index contributed by atoms with van der Waals surface area (Å²) in [5, 5.41) is 14.7. The van der Waals surface area contributed by atoms with Crippen molar-refractivity contribution in [1.29, 1.82) is 0 Å². The number of nitro benzene ring substituents is 1. The van der Waals surface area contributed by atoms with E-state index in [4.69, 9.17) is 11.6 Å². The van der Waals surface area contributed by atoms with Crippen molar-refractivity contribution in [3.8, 4) is 0 Å². The highest BCUT2D eigenvalue weighted by Gasteiger charge is 2.10. The zero-order chi connectivity index (χ0) is 13.1. The Morgan fingerprint density at radius 1 is 1.50 bits per heavy atom. The fourth-order valence-corrected chi connectivity index (χ4v) is 1.55. The molecular formula is C11H9ClN4O2. The molecule has 0 aliphatic rings. The lowest BCUT2D eigenvalue weighted by molar-refractivity contribution is -0.384. The summed E-state index contributed by atoms with van der Waals surface area (Å²) in [7, 11) is 0. The van der Waals surface area contributed by atoms with Crippen LogP contribution in [0.1, 0.15) is 0 Å². The topological polar surface area (TPSA) is 81.0 Å². The SMILES string of the molecule is C=C(Cl)CNc1ncnc2ccc([N+](=O)[O-])cc12. The lowest BCUT2D eigenvalue weighted by atomic mass is 10.2. The van der Waals surface area contributed by atoms with Crippen molar-refractivity contribution in [3.05, 3.63) is 46.3 Å². The minimum absolute atomic E-state index is 0.00921. The molecule has 1 N–H and O–H groups in total. The first-order valence-corrected chi connectivity index (χ1v) is 5.42. The molecule has 0 unspecified atom stereocenters. The Kier molecular flexibility index (Phi) is 3.38. The van der Waals surface area contributed by atoms with Crippen molar-refractivity contribution < 1.29 is 4.92 Å². The maximum Gasteiger partial charge on any atom is 0.270 e. The summed E-state index contributed by atoms with van der Waals surface area (Å²) in [4.78, 5) is 18.3. The molecule has 0 amide bonds. The molecule has 0 saturated carbocycles. The predicted octanol–water partition coefficient (Wildman–Crippen LogP) is 2.70. The van der Waals surface area contributed by atoms with Crippen LogP contribution in [-0.4, -0.2) is 21.4 Å². The molecule has 1 heterocycles. The number of anilines is 1. The van der Waals surface area contributed by atoms with Crippen molar-refractivity contribution in [2.45, 2.75) is 0 Å². The van der Waals surface area contributed by atoms with E-state index in [-0.39, 0.29) is 5.69 Å². The van der Waals surface area contributed by atoms with Crippen molar-refractivity contribution >= 4 is 34.0 Å². The molecule has 0 bridgehead atoms. The van der Waals surface area contributed by atoms with Crippen LogP contribution in [0.25, 0.3) is 10.9 Å².